The second kappa shape index (κ2) is 3.73. The summed E-state index contributed by atoms with van der Waals surface area (Å²) in [6, 6.07) is 12.0. The van der Waals surface area contributed by atoms with E-state index in [0.29, 0.717) is 5.95 Å². The molecule has 1 atom stereocenters. The maximum Gasteiger partial charge on any atom is 0.274 e. The van der Waals surface area contributed by atoms with Crippen LogP contribution < -0.4 is 11.3 Å². The Hall–Kier alpha value is -2.10. The van der Waals surface area contributed by atoms with Crippen molar-refractivity contribution in [1.29, 1.82) is 0 Å². The van der Waals surface area contributed by atoms with Gasteiger partial charge in [-0.3, -0.25) is 4.79 Å². The van der Waals surface area contributed by atoms with Crippen LogP contribution in [0.2, 0.25) is 0 Å². The number of aromatic nitrogens is 2. The van der Waals surface area contributed by atoms with Crippen molar-refractivity contribution < 1.29 is 0 Å². The summed E-state index contributed by atoms with van der Waals surface area (Å²) in [5, 5.41) is 0. The third kappa shape index (κ3) is 1.62. The van der Waals surface area contributed by atoms with Crippen LogP contribution in [0.3, 0.4) is 0 Å². The number of aryl methyl sites for hydroxylation is 1. The normalized spacial score (nSPS) is 18.0. The van der Waals surface area contributed by atoms with Gasteiger partial charge in [-0.1, -0.05) is 30.3 Å². The number of anilines is 1. The van der Waals surface area contributed by atoms with E-state index in [9.17, 15) is 4.79 Å². The first-order chi connectivity index (χ1) is 8.25. The van der Waals surface area contributed by atoms with Crippen molar-refractivity contribution in [1.82, 2.24) is 9.55 Å². The summed E-state index contributed by atoms with van der Waals surface area (Å²) in [7, 11) is 0. The summed E-state index contributed by atoms with van der Waals surface area (Å²) in [4.78, 5) is 15.1. The van der Waals surface area contributed by atoms with Crippen LogP contribution in [-0.2, 0) is 6.42 Å². The molecule has 3 rings (SSSR count). The quantitative estimate of drug-likeness (QED) is 0.800. The molecule has 17 heavy (non-hydrogen) atoms. The van der Waals surface area contributed by atoms with Gasteiger partial charge in [0.1, 0.15) is 0 Å². The van der Waals surface area contributed by atoms with Crippen molar-refractivity contribution in [2.45, 2.75) is 18.9 Å². The molecule has 1 aromatic heterocycles. The lowest BCUT2D eigenvalue weighted by atomic mass is 10.1. The molecule has 2 aromatic rings. The minimum atomic E-state index is -0.248. The lowest BCUT2D eigenvalue weighted by Gasteiger charge is -2.17. The number of nitrogens with two attached hydrogens (primary N) is 1. The molecule has 2 N–H and O–H groups in total. The molecule has 1 unspecified atom stereocenters. The van der Waals surface area contributed by atoms with Gasteiger partial charge in [-0.05, 0) is 18.4 Å². The van der Waals surface area contributed by atoms with Crippen molar-refractivity contribution >= 4 is 5.95 Å². The van der Waals surface area contributed by atoms with Crippen molar-refractivity contribution in [2.75, 3.05) is 5.73 Å². The average Bonchev–Trinajstić information content (AvgIpc) is 2.74. The second-order valence-electron chi connectivity index (χ2n) is 4.28. The van der Waals surface area contributed by atoms with E-state index in [0.717, 1.165) is 18.5 Å². The fourth-order valence-corrected chi connectivity index (χ4v) is 2.52. The van der Waals surface area contributed by atoms with Gasteiger partial charge >= 0.3 is 0 Å². The molecule has 0 aliphatic carbocycles. The van der Waals surface area contributed by atoms with E-state index in [1.165, 1.54) is 5.56 Å². The first-order valence-corrected chi connectivity index (χ1v) is 5.68. The van der Waals surface area contributed by atoms with Gasteiger partial charge in [0.05, 0.1) is 6.04 Å². The molecular weight excluding hydrogens is 214 g/mol. The van der Waals surface area contributed by atoms with E-state index in [-0.39, 0.29) is 11.6 Å². The van der Waals surface area contributed by atoms with Crippen LogP contribution in [0, 0.1) is 0 Å². The average molecular weight is 227 g/mol. The minimum absolute atomic E-state index is 0.208. The number of benzene rings is 1. The fourth-order valence-electron chi connectivity index (χ4n) is 2.52. The summed E-state index contributed by atoms with van der Waals surface area (Å²) in [5.74, 6) is 0.318. The Morgan fingerprint density at radius 2 is 2.06 bits per heavy atom. The van der Waals surface area contributed by atoms with Gasteiger partial charge in [0.25, 0.3) is 5.56 Å². The Bertz CT molecular complexity index is 604. The lowest BCUT2D eigenvalue weighted by Crippen LogP contribution is -2.19. The third-order valence-corrected chi connectivity index (χ3v) is 3.24. The van der Waals surface area contributed by atoms with Crippen LogP contribution in [0.15, 0.2) is 41.2 Å². The van der Waals surface area contributed by atoms with Crippen LogP contribution in [0.1, 0.15) is 23.7 Å². The minimum Gasteiger partial charge on any atom is -0.369 e. The van der Waals surface area contributed by atoms with Gasteiger partial charge in [0.15, 0.2) is 0 Å². The van der Waals surface area contributed by atoms with Gasteiger partial charge < -0.3 is 10.3 Å². The highest BCUT2D eigenvalue weighted by atomic mass is 16.1. The summed E-state index contributed by atoms with van der Waals surface area (Å²) in [5.41, 5.74) is 7.80. The van der Waals surface area contributed by atoms with E-state index in [1.54, 1.807) is 6.07 Å². The highest BCUT2D eigenvalue weighted by Gasteiger charge is 2.25. The Morgan fingerprint density at radius 1 is 1.29 bits per heavy atom. The molecule has 86 valence electrons. The first kappa shape index (κ1) is 10.1. The Kier molecular flexibility index (Phi) is 2.21. The third-order valence-electron chi connectivity index (χ3n) is 3.24. The summed E-state index contributed by atoms with van der Waals surface area (Å²) < 4.78 is 1.97. The van der Waals surface area contributed by atoms with Crippen LogP contribution >= 0.6 is 0 Å². The number of nitrogens with zero attached hydrogens (tertiary/aromatic N) is 2. The molecule has 4 heteroatoms. The molecule has 0 spiro atoms. The second-order valence-corrected chi connectivity index (χ2v) is 4.28. The number of nitrogen functional groups attached to an aromatic ring is 1. The number of hydrogen-bond donors (Lipinski definition) is 1. The Labute approximate surface area is 98.7 Å². The molecule has 1 aromatic carbocycles. The molecule has 0 saturated carbocycles. The summed E-state index contributed by atoms with van der Waals surface area (Å²) in [6.07, 6.45) is 1.85. The van der Waals surface area contributed by atoms with Crippen LogP contribution in [0.25, 0.3) is 0 Å². The monoisotopic (exact) mass is 227 g/mol. The van der Waals surface area contributed by atoms with Gasteiger partial charge in [-0.15, -0.1) is 0 Å². The van der Waals surface area contributed by atoms with Gasteiger partial charge in [-0.25, -0.2) is 0 Å². The molecule has 2 heterocycles. The SMILES string of the molecule is Nc1nc(=O)cc2n1C(c1ccccc1)CC2. The van der Waals surface area contributed by atoms with Crippen molar-refractivity contribution in [2.24, 2.45) is 0 Å². The van der Waals surface area contributed by atoms with E-state index in [2.05, 4.69) is 17.1 Å². The van der Waals surface area contributed by atoms with E-state index < -0.39 is 0 Å². The highest BCUT2D eigenvalue weighted by Crippen LogP contribution is 2.32. The van der Waals surface area contributed by atoms with Crippen LogP contribution in [-0.4, -0.2) is 9.55 Å². The van der Waals surface area contributed by atoms with Gasteiger partial charge in [-0.2, -0.15) is 4.98 Å². The fraction of sp³-hybridized carbons (Fsp3) is 0.231. The van der Waals surface area contributed by atoms with Gasteiger partial charge in [0, 0.05) is 11.8 Å². The van der Waals surface area contributed by atoms with E-state index >= 15 is 0 Å². The van der Waals surface area contributed by atoms with E-state index in [1.807, 2.05) is 22.8 Å². The standard InChI is InChI=1S/C13H13N3O/c14-13-15-12(17)8-10-6-7-11(16(10)13)9-4-2-1-3-5-9/h1-5,8,11H,6-7H2,(H2,14,15,17). The maximum absolute atomic E-state index is 11.3. The molecular formula is C13H13N3O. The first-order valence-electron chi connectivity index (χ1n) is 5.68. The molecule has 0 amide bonds. The van der Waals surface area contributed by atoms with Gasteiger partial charge in [0.2, 0.25) is 5.95 Å². The summed E-state index contributed by atoms with van der Waals surface area (Å²) >= 11 is 0. The topological polar surface area (TPSA) is 60.9 Å². The molecule has 0 fully saturated rings. The maximum atomic E-state index is 11.3. The molecule has 1 aliphatic rings. The molecule has 0 bridgehead atoms. The van der Waals surface area contributed by atoms with E-state index in [4.69, 9.17) is 5.73 Å². The number of rotatable bonds is 1. The molecule has 0 radical (unpaired) electrons. The molecule has 1 aliphatic heterocycles. The zero-order valence-electron chi connectivity index (χ0n) is 9.34. The largest absolute Gasteiger partial charge is 0.369 e. The predicted octanol–water partition coefficient (Wildman–Crippen LogP) is 1.36. The zero-order chi connectivity index (χ0) is 11.8. The predicted molar refractivity (Wildman–Crippen MR) is 65.8 cm³/mol. The van der Waals surface area contributed by atoms with Crippen molar-refractivity contribution in [3.05, 3.63) is 58.0 Å². The Morgan fingerprint density at radius 3 is 2.82 bits per heavy atom. The number of hydrogen-bond acceptors (Lipinski definition) is 3. The lowest BCUT2D eigenvalue weighted by molar-refractivity contribution is 0.616. The van der Waals surface area contributed by atoms with Crippen LogP contribution in [0.4, 0.5) is 5.95 Å². The zero-order valence-corrected chi connectivity index (χ0v) is 9.34. The van der Waals surface area contributed by atoms with Crippen LogP contribution in [0.5, 0.6) is 0 Å². The van der Waals surface area contributed by atoms with Crippen molar-refractivity contribution in [3.8, 4) is 0 Å². The highest BCUT2D eigenvalue weighted by molar-refractivity contribution is 5.31. The summed E-state index contributed by atoms with van der Waals surface area (Å²) in [6.45, 7) is 0. The van der Waals surface area contributed by atoms with Crippen molar-refractivity contribution in [3.63, 3.8) is 0 Å². The molecule has 4 nitrogen and oxygen atoms in total. The number of fused-ring (bicyclic) bond motifs is 1. The molecule has 0 saturated heterocycles. The Balaban J connectivity index is 2.14. The smallest absolute Gasteiger partial charge is 0.274 e.